The highest BCUT2D eigenvalue weighted by Gasteiger charge is 2.07. The van der Waals surface area contributed by atoms with Crippen LogP contribution in [0.5, 0.6) is 5.75 Å². The molecule has 1 amide bonds. The maximum Gasteiger partial charge on any atom is 0.258 e. The van der Waals surface area contributed by atoms with Crippen molar-refractivity contribution in [2.75, 3.05) is 6.61 Å². The molecule has 0 atom stereocenters. The first-order valence-electron chi connectivity index (χ1n) is 8.19. The summed E-state index contributed by atoms with van der Waals surface area (Å²) >= 11 is 0. The zero-order valence-electron chi connectivity index (χ0n) is 14.5. The van der Waals surface area contributed by atoms with E-state index in [0.29, 0.717) is 18.9 Å². The van der Waals surface area contributed by atoms with Gasteiger partial charge in [0.15, 0.2) is 6.61 Å². The van der Waals surface area contributed by atoms with Gasteiger partial charge in [0.1, 0.15) is 5.75 Å². The Hall–Kier alpha value is -2.33. The Balaban J connectivity index is 1.83. The lowest BCUT2D eigenvalue weighted by molar-refractivity contribution is -0.123. The smallest absolute Gasteiger partial charge is 0.258 e. The van der Waals surface area contributed by atoms with Gasteiger partial charge in [0, 0.05) is 6.54 Å². The summed E-state index contributed by atoms with van der Waals surface area (Å²) < 4.78 is 11.2. The Labute approximate surface area is 143 Å². The normalized spacial score (nSPS) is 10.7. The topological polar surface area (TPSA) is 47.6 Å². The van der Waals surface area contributed by atoms with Crippen molar-refractivity contribution in [1.29, 1.82) is 0 Å². The fourth-order valence-electron chi connectivity index (χ4n) is 2.23. The zero-order chi connectivity index (χ0) is 17.4. The fourth-order valence-corrected chi connectivity index (χ4v) is 2.23. The average Bonchev–Trinajstić information content (AvgIpc) is 2.57. The monoisotopic (exact) mass is 327 g/mol. The van der Waals surface area contributed by atoms with Crippen molar-refractivity contribution in [3.05, 3.63) is 65.2 Å². The minimum Gasteiger partial charge on any atom is -0.484 e. The lowest BCUT2D eigenvalue weighted by Gasteiger charge is -2.13. The number of hydrogen-bond acceptors (Lipinski definition) is 3. The lowest BCUT2D eigenvalue weighted by Crippen LogP contribution is -2.28. The van der Waals surface area contributed by atoms with Crippen molar-refractivity contribution >= 4 is 5.91 Å². The Morgan fingerprint density at radius 3 is 2.54 bits per heavy atom. The molecule has 0 saturated heterocycles. The highest BCUT2D eigenvalue weighted by Crippen LogP contribution is 2.13. The molecule has 0 saturated carbocycles. The summed E-state index contributed by atoms with van der Waals surface area (Å²) in [5, 5.41) is 2.89. The molecule has 0 fully saturated rings. The van der Waals surface area contributed by atoms with Crippen LogP contribution in [0.15, 0.2) is 48.5 Å². The number of rotatable bonds is 8. The van der Waals surface area contributed by atoms with Crippen molar-refractivity contribution in [3.8, 4) is 5.75 Å². The van der Waals surface area contributed by atoms with E-state index in [4.69, 9.17) is 9.47 Å². The molecule has 24 heavy (non-hydrogen) atoms. The second-order valence-electron chi connectivity index (χ2n) is 6.01. The van der Waals surface area contributed by atoms with Crippen molar-refractivity contribution < 1.29 is 14.3 Å². The van der Waals surface area contributed by atoms with E-state index in [1.54, 1.807) is 0 Å². The predicted octanol–water partition coefficient (Wildman–Crippen LogP) is 3.62. The Bertz CT molecular complexity index is 667. The van der Waals surface area contributed by atoms with Crippen molar-refractivity contribution in [2.24, 2.45) is 0 Å². The molecule has 0 aliphatic carbocycles. The van der Waals surface area contributed by atoms with Crippen LogP contribution in [0.25, 0.3) is 0 Å². The summed E-state index contributed by atoms with van der Waals surface area (Å²) in [6, 6.07) is 15.6. The van der Waals surface area contributed by atoms with Gasteiger partial charge in [-0.05, 0) is 49.6 Å². The van der Waals surface area contributed by atoms with Gasteiger partial charge in [-0.1, -0.05) is 36.4 Å². The third-order valence-electron chi connectivity index (χ3n) is 3.53. The molecule has 0 aliphatic heterocycles. The third kappa shape index (κ3) is 6.05. The number of carbonyl (C=O) groups excluding carboxylic acids is 1. The number of aryl methyl sites for hydroxylation is 1. The number of benzene rings is 2. The van der Waals surface area contributed by atoms with Crippen LogP contribution in [-0.2, 0) is 22.7 Å². The van der Waals surface area contributed by atoms with E-state index in [-0.39, 0.29) is 18.6 Å². The second-order valence-corrected chi connectivity index (χ2v) is 6.01. The van der Waals surface area contributed by atoms with Crippen LogP contribution in [-0.4, -0.2) is 18.6 Å². The molecule has 1 N–H and O–H groups in total. The van der Waals surface area contributed by atoms with Crippen molar-refractivity contribution in [3.63, 3.8) is 0 Å². The third-order valence-corrected chi connectivity index (χ3v) is 3.53. The molecule has 0 bridgehead atoms. The quantitative estimate of drug-likeness (QED) is 0.805. The van der Waals surface area contributed by atoms with Gasteiger partial charge < -0.3 is 14.8 Å². The number of nitrogens with one attached hydrogen (secondary N) is 1. The van der Waals surface area contributed by atoms with E-state index in [1.807, 2.05) is 69.3 Å². The first-order chi connectivity index (χ1) is 11.5. The van der Waals surface area contributed by atoms with E-state index in [1.165, 1.54) is 0 Å². The van der Waals surface area contributed by atoms with E-state index >= 15 is 0 Å². The second kappa shape index (κ2) is 9.08. The molecular formula is C20H25NO3. The van der Waals surface area contributed by atoms with Crippen LogP contribution >= 0.6 is 0 Å². The number of carbonyl (C=O) groups is 1. The first-order valence-corrected chi connectivity index (χ1v) is 8.19. The van der Waals surface area contributed by atoms with Gasteiger partial charge in [-0.3, -0.25) is 4.79 Å². The summed E-state index contributed by atoms with van der Waals surface area (Å²) in [6.45, 7) is 7.02. The van der Waals surface area contributed by atoms with Gasteiger partial charge in [-0.15, -0.1) is 0 Å². The van der Waals surface area contributed by atoms with Gasteiger partial charge >= 0.3 is 0 Å². The van der Waals surface area contributed by atoms with Crippen LogP contribution in [0.2, 0.25) is 0 Å². The highest BCUT2D eigenvalue weighted by atomic mass is 16.5. The largest absolute Gasteiger partial charge is 0.484 e. The molecule has 0 heterocycles. The van der Waals surface area contributed by atoms with Gasteiger partial charge in [-0.25, -0.2) is 0 Å². The summed E-state index contributed by atoms with van der Waals surface area (Å²) in [5.41, 5.74) is 3.25. The minimum atomic E-state index is -0.143. The molecule has 2 rings (SSSR count). The maximum absolute atomic E-state index is 12.0. The van der Waals surface area contributed by atoms with Crippen LogP contribution in [0.4, 0.5) is 0 Å². The number of hydrogen-bond donors (Lipinski definition) is 1. The van der Waals surface area contributed by atoms with Gasteiger partial charge in [0.05, 0.1) is 12.7 Å². The molecule has 0 radical (unpaired) electrons. The minimum absolute atomic E-state index is 0.00805. The summed E-state index contributed by atoms with van der Waals surface area (Å²) in [6.07, 6.45) is 0.176. The van der Waals surface area contributed by atoms with E-state index < -0.39 is 0 Å². The molecule has 128 valence electrons. The van der Waals surface area contributed by atoms with Crippen molar-refractivity contribution in [2.45, 2.75) is 40.0 Å². The maximum atomic E-state index is 12.0. The standard InChI is InChI=1S/C20H25NO3/c1-15(2)23-13-18-9-5-4-8-17(18)12-21-20(22)14-24-19-10-6-7-16(3)11-19/h4-11,15H,12-14H2,1-3H3,(H,21,22). The fraction of sp³-hybridized carbons (Fsp3) is 0.350. The van der Waals surface area contributed by atoms with Gasteiger partial charge in [0.2, 0.25) is 0 Å². The molecule has 4 heteroatoms. The molecule has 2 aromatic rings. The zero-order valence-corrected chi connectivity index (χ0v) is 14.5. The Morgan fingerprint density at radius 2 is 1.83 bits per heavy atom. The molecule has 0 spiro atoms. The van der Waals surface area contributed by atoms with E-state index in [0.717, 1.165) is 16.7 Å². The van der Waals surface area contributed by atoms with E-state index in [2.05, 4.69) is 5.32 Å². The van der Waals surface area contributed by atoms with Crippen molar-refractivity contribution in [1.82, 2.24) is 5.32 Å². The summed E-state index contributed by atoms with van der Waals surface area (Å²) in [7, 11) is 0. The van der Waals surface area contributed by atoms with Gasteiger partial charge in [-0.2, -0.15) is 0 Å². The van der Waals surface area contributed by atoms with Crippen LogP contribution < -0.4 is 10.1 Å². The van der Waals surface area contributed by atoms with Crippen LogP contribution in [0.1, 0.15) is 30.5 Å². The number of ether oxygens (including phenoxy) is 2. The highest BCUT2D eigenvalue weighted by molar-refractivity contribution is 5.77. The lowest BCUT2D eigenvalue weighted by atomic mass is 10.1. The Morgan fingerprint density at radius 1 is 1.08 bits per heavy atom. The summed E-state index contributed by atoms with van der Waals surface area (Å²) in [4.78, 5) is 12.0. The van der Waals surface area contributed by atoms with E-state index in [9.17, 15) is 4.79 Å². The molecule has 0 aromatic heterocycles. The molecule has 0 unspecified atom stereocenters. The van der Waals surface area contributed by atoms with Gasteiger partial charge in [0.25, 0.3) is 5.91 Å². The molecule has 2 aromatic carbocycles. The first kappa shape index (κ1) is 18.0. The SMILES string of the molecule is Cc1cccc(OCC(=O)NCc2ccccc2COC(C)C)c1. The Kier molecular flexibility index (Phi) is 6.82. The molecule has 4 nitrogen and oxygen atoms in total. The number of amides is 1. The van der Waals surface area contributed by atoms with Crippen LogP contribution in [0.3, 0.4) is 0 Å². The van der Waals surface area contributed by atoms with Crippen LogP contribution in [0, 0.1) is 6.92 Å². The molecule has 0 aliphatic rings. The predicted molar refractivity (Wildman–Crippen MR) is 94.9 cm³/mol. The average molecular weight is 327 g/mol. The summed E-state index contributed by atoms with van der Waals surface area (Å²) in [5.74, 6) is 0.562. The molecular weight excluding hydrogens is 302 g/mol.